The largest absolute Gasteiger partial charge is 0.375 e. The van der Waals surface area contributed by atoms with Crippen LogP contribution in [0.25, 0.3) is 16.8 Å². The van der Waals surface area contributed by atoms with E-state index >= 15 is 0 Å². The summed E-state index contributed by atoms with van der Waals surface area (Å²) in [6.45, 7) is 6.70. The number of morpholine rings is 1. The first-order chi connectivity index (χ1) is 15.0. The first-order valence-corrected chi connectivity index (χ1v) is 10.7. The number of hydrogen-bond donors (Lipinski definition) is 1. The lowest BCUT2D eigenvalue weighted by Crippen LogP contribution is -2.46. The molecule has 3 aromatic rings. The highest BCUT2D eigenvalue weighted by Crippen LogP contribution is 2.28. The molecule has 1 aromatic heterocycles. The van der Waals surface area contributed by atoms with Gasteiger partial charge in [-0.1, -0.05) is 29.8 Å². The number of aryl methyl sites for hydroxylation is 1. The Morgan fingerprint density at radius 3 is 2.74 bits per heavy atom. The van der Waals surface area contributed by atoms with Crippen molar-refractivity contribution in [1.29, 1.82) is 0 Å². The highest BCUT2D eigenvalue weighted by molar-refractivity contribution is 5.96. The molecule has 31 heavy (non-hydrogen) atoms. The molecule has 3 heterocycles. The van der Waals surface area contributed by atoms with Crippen molar-refractivity contribution in [2.45, 2.75) is 38.5 Å². The third-order valence-corrected chi connectivity index (χ3v) is 6.08. The summed E-state index contributed by atoms with van der Waals surface area (Å²) in [5.74, 6) is -0.101. The van der Waals surface area contributed by atoms with Gasteiger partial charge in [0.05, 0.1) is 18.4 Å². The van der Waals surface area contributed by atoms with Crippen LogP contribution in [0.5, 0.6) is 0 Å². The number of benzene rings is 2. The molecule has 2 fully saturated rings. The number of amides is 1. The van der Waals surface area contributed by atoms with Crippen molar-refractivity contribution in [3.8, 4) is 16.8 Å². The maximum atomic E-state index is 13.1. The zero-order valence-electron chi connectivity index (χ0n) is 17.7. The maximum absolute atomic E-state index is 13.1. The second kappa shape index (κ2) is 8.20. The van der Waals surface area contributed by atoms with Crippen LogP contribution in [0.3, 0.4) is 0 Å². The summed E-state index contributed by atoms with van der Waals surface area (Å²) in [5, 5.41) is 14.6. The standard InChI is InChI=1S/C23H26N6O2/c1-15-3-5-17(6-4-15)18-7-19(9-20(8-18)29-14-24-26-27-29)23(30)25-16(2)11-28-12-22-10-21(28)13-31-22/h3-9,14,16,21-22H,10-13H2,1-2H3,(H,25,30). The van der Waals surface area contributed by atoms with Crippen LogP contribution in [-0.4, -0.2) is 68.9 Å². The Labute approximate surface area is 181 Å². The van der Waals surface area contributed by atoms with E-state index in [0.29, 0.717) is 17.7 Å². The van der Waals surface area contributed by atoms with Crippen molar-refractivity contribution in [2.75, 3.05) is 19.7 Å². The number of nitrogens with zero attached hydrogens (tertiary/aromatic N) is 5. The van der Waals surface area contributed by atoms with Crippen molar-refractivity contribution in [1.82, 2.24) is 30.4 Å². The Morgan fingerprint density at radius 2 is 2.06 bits per heavy atom. The Balaban J connectivity index is 1.38. The minimum absolute atomic E-state index is 0.0337. The normalized spacial score (nSPS) is 21.4. The fraction of sp³-hybridized carbons (Fsp3) is 0.391. The van der Waals surface area contributed by atoms with E-state index in [9.17, 15) is 4.79 Å². The van der Waals surface area contributed by atoms with Gasteiger partial charge in [-0.05, 0) is 60.0 Å². The van der Waals surface area contributed by atoms with Crippen molar-refractivity contribution in [3.63, 3.8) is 0 Å². The average Bonchev–Trinajstić information content (AvgIpc) is 3.52. The molecule has 3 unspecified atom stereocenters. The molecule has 8 heteroatoms. The van der Waals surface area contributed by atoms with E-state index < -0.39 is 0 Å². The number of fused-ring (bicyclic) bond motifs is 2. The molecule has 2 aliphatic heterocycles. The van der Waals surface area contributed by atoms with Gasteiger partial charge in [-0.15, -0.1) is 5.10 Å². The van der Waals surface area contributed by atoms with Gasteiger partial charge in [-0.3, -0.25) is 9.69 Å². The fourth-order valence-electron chi connectivity index (χ4n) is 4.47. The summed E-state index contributed by atoms with van der Waals surface area (Å²) in [6.07, 6.45) is 3.00. The summed E-state index contributed by atoms with van der Waals surface area (Å²) in [4.78, 5) is 15.6. The van der Waals surface area contributed by atoms with Crippen molar-refractivity contribution >= 4 is 5.91 Å². The molecule has 0 spiro atoms. The van der Waals surface area contributed by atoms with Crippen LogP contribution in [0, 0.1) is 6.92 Å². The summed E-state index contributed by atoms with van der Waals surface area (Å²) in [6, 6.07) is 14.5. The molecule has 0 saturated carbocycles. The topological polar surface area (TPSA) is 85.2 Å². The predicted octanol–water partition coefficient (Wildman–Crippen LogP) is 2.23. The minimum atomic E-state index is -0.101. The molecule has 1 N–H and O–H groups in total. The van der Waals surface area contributed by atoms with Crippen LogP contribution in [0.1, 0.15) is 29.3 Å². The molecule has 2 saturated heterocycles. The van der Waals surface area contributed by atoms with Gasteiger partial charge in [-0.25, -0.2) is 4.68 Å². The van der Waals surface area contributed by atoms with E-state index in [0.717, 1.165) is 42.9 Å². The molecule has 8 nitrogen and oxygen atoms in total. The number of rotatable bonds is 6. The van der Waals surface area contributed by atoms with Crippen LogP contribution < -0.4 is 5.32 Å². The van der Waals surface area contributed by atoms with E-state index in [1.165, 1.54) is 11.9 Å². The molecular formula is C23H26N6O2. The van der Waals surface area contributed by atoms with E-state index in [2.05, 4.69) is 63.9 Å². The lowest BCUT2D eigenvalue weighted by Gasteiger charge is -2.29. The average molecular weight is 419 g/mol. The second-order valence-electron chi connectivity index (χ2n) is 8.56. The number of tetrazole rings is 1. The predicted molar refractivity (Wildman–Crippen MR) is 116 cm³/mol. The lowest BCUT2D eigenvalue weighted by molar-refractivity contribution is 0.0275. The van der Waals surface area contributed by atoms with Gasteiger partial charge < -0.3 is 10.1 Å². The Hall–Kier alpha value is -3.10. The zero-order valence-corrected chi connectivity index (χ0v) is 17.7. The number of carbonyl (C=O) groups excluding carboxylic acids is 1. The van der Waals surface area contributed by atoms with Crippen LogP contribution in [-0.2, 0) is 4.74 Å². The zero-order chi connectivity index (χ0) is 21.4. The molecule has 160 valence electrons. The molecule has 2 aromatic carbocycles. The van der Waals surface area contributed by atoms with E-state index in [1.54, 1.807) is 4.68 Å². The molecular weight excluding hydrogens is 392 g/mol. The van der Waals surface area contributed by atoms with Gasteiger partial charge >= 0.3 is 0 Å². The Kier molecular flexibility index (Phi) is 5.25. The number of likely N-dealkylation sites (tertiary alicyclic amines) is 1. The quantitative estimate of drug-likeness (QED) is 0.661. The number of ether oxygens (including phenoxy) is 1. The molecule has 3 atom stereocenters. The van der Waals surface area contributed by atoms with Crippen LogP contribution in [0.2, 0.25) is 0 Å². The van der Waals surface area contributed by atoms with Gasteiger partial charge in [0.1, 0.15) is 6.33 Å². The van der Waals surface area contributed by atoms with Gasteiger partial charge in [0.25, 0.3) is 5.91 Å². The summed E-state index contributed by atoms with van der Waals surface area (Å²) in [7, 11) is 0. The molecule has 0 aliphatic carbocycles. The summed E-state index contributed by atoms with van der Waals surface area (Å²) in [5.41, 5.74) is 4.50. The number of carbonyl (C=O) groups is 1. The number of hydrogen-bond acceptors (Lipinski definition) is 6. The lowest BCUT2D eigenvalue weighted by atomic mass is 10.0. The van der Waals surface area contributed by atoms with Crippen LogP contribution in [0.4, 0.5) is 0 Å². The van der Waals surface area contributed by atoms with Crippen molar-refractivity contribution in [3.05, 3.63) is 59.9 Å². The smallest absolute Gasteiger partial charge is 0.251 e. The van der Waals surface area contributed by atoms with E-state index in [4.69, 9.17) is 4.74 Å². The molecule has 0 radical (unpaired) electrons. The summed E-state index contributed by atoms with van der Waals surface area (Å²) < 4.78 is 7.25. The van der Waals surface area contributed by atoms with E-state index in [-0.39, 0.29) is 11.9 Å². The van der Waals surface area contributed by atoms with Gasteiger partial charge in [-0.2, -0.15) is 0 Å². The van der Waals surface area contributed by atoms with Gasteiger partial charge in [0.2, 0.25) is 0 Å². The minimum Gasteiger partial charge on any atom is -0.375 e. The van der Waals surface area contributed by atoms with Crippen molar-refractivity contribution < 1.29 is 9.53 Å². The van der Waals surface area contributed by atoms with E-state index in [1.807, 2.05) is 18.2 Å². The third kappa shape index (κ3) is 4.22. The van der Waals surface area contributed by atoms with Gasteiger partial charge in [0.15, 0.2) is 0 Å². The van der Waals surface area contributed by atoms with Gasteiger partial charge in [0, 0.05) is 30.7 Å². The second-order valence-corrected chi connectivity index (χ2v) is 8.56. The summed E-state index contributed by atoms with van der Waals surface area (Å²) >= 11 is 0. The number of nitrogens with one attached hydrogen (secondary N) is 1. The highest BCUT2D eigenvalue weighted by Gasteiger charge is 2.39. The molecule has 2 aliphatic rings. The first kappa shape index (κ1) is 19.8. The molecule has 5 rings (SSSR count). The van der Waals surface area contributed by atoms with Crippen LogP contribution >= 0.6 is 0 Å². The Morgan fingerprint density at radius 1 is 1.23 bits per heavy atom. The SMILES string of the molecule is Cc1ccc(-c2cc(C(=O)NC(C)CN3CC4CC3CO4)cc(-n3cnnn3)c2)cc1. The third-order valence-electron chi connectivity index (χ3n) is 6.08. The molecule has 1 amide bonds. The fourth-order valence-corrected chi connectivity index (χ4v) is 4.47. The van der Waals surface area contributed by atoms with Crippen LogP contribution in [0.15, 0.2) is 48.8 Å². The number of aromatic nitrogens is 4. The Bertz CT molecular complexity index is 1070. The maximum Gasteiger partial charge on any atom is 0.251 e. The first-order valence-electron chi connectivity index (χ1n) is 10.7. The monoisotopic (exact) mass is 418 g/mol. The molecule has 2 bridgehead atoms. The highest BCUT2D eigenvalue weighted by atomic mass is 16.5. The van der Waals surface area contributed by atoms with Crippen molar-refractivity contribution in [2.24, 2.45) is 0 Å².